The van der Waals surface area contributed by atoms with Gasteiger partial charge in [0, 0.05) is 30.4 Å². The van der Waals surface area contributed by atoms with Gasteiger partial charge in [0.25, 0.3) is 0 Å². The van der Waals surface area contributed by atoms with E-state index >= 15 is 0 Å². The van der Waals surface area contributed by atoms with Crippen molar-refractivity contribution in [1.82, 2.24) is 23.3 Å². The average Bonchev–Trinajstić information content (AvgIpc) is 3.16. The van der Waals surface area contributed by atoms with E-state index in [1.807, 2.05) is 24.4 Å². The number of hydrogen-bond acceptors (Lipinski definition) is 5. The Morgan fingerprint density at radius 1 is 1.00 bits per heavy atom. The molecule has 3 heterocycles. The largest absolute Gasteiger partial charge is 0.297 e. The number of fused-ring (bicyclic) bond motifs is 1. The zero-order valence-electron chi connectivity index (χ0n) is 11.3. The van der Waals surface area contributed by atoms with Crippen LogP contribution in [0.1, 0.15) is 5.56 Å². The van der Waals surface area contributed by atoms with Crippen molar-refractivity contribution < 1.29 is 0 Å². The molecule has 4 aromatic rings. The van der Waals surface area contributed by atoms with E-state index in [1.54, 1.807) is 18.6 Å². The summed E-state index contributed by atoms with van der Waals surface area (Å²) in [6.07, 6.45) is 7.29. The van der Waals surface area contributed by atoms with E-state index in [4.69, 9.17) is 0 Å². The lowest BCUT2D eigenvalue weighted by atomic mass is 10.1. The molecule has 0 amide bonds. The normalized spacial score (nSPS) is 11.1. The number of hydrogen-bond donors (Lipinski definition) is 0. The highest BCUT2D eigenvalue weighted by Gasteiger charge is 2.14. The molecule has 5 nitrogen and oxygen atoms in total. The van der Waals surface area contributed by atoms with E-state index in [0.717, 1.165) is 33.7 Å². The zero-order chi connectivity index (χ0) is 14.2. The van der Waals surface area contributed by atoms with Gasteiger partial charge < -0.3 is 0 Å². The molecule has 4 rings (SSSR count). The maximum Gasteiger partial charge on any atom is 0.144 e. The second-order valence-corrected chi connectivity index (χ2v) is 5.25. The number of aromatic nitrogens is 5. The van der Waals surface area contributed by atoms with Crippen molar-refractivity contribution >= 4 is 22.8 Å². The fourth-order valence-corrected chi connectivity index (χ4v) is 2.98. The van der Waals surface area contributed by atoms with Crippen LogP contribution >= 0.6 is 11.7 Å². The highest BCUT2D eigenvalue weighted by atomic mass is 32.1. The van der Waals surface area contributed by atoms with E-state index < -0.39 is 0 Å². The third-order valence-electron chi connectivity index (χ3n) is 3.42. The monoisotopic (exact) mass is 293 g/mol. The van der Waals surface area contributed by atoms with E-state index in [2.05, 4.69) is 36.3 Å². The molecule has 0 radical (unpaired) electrons. The van der Waals surface area contributed by atoms with Crippen LogP contribution in [0.2, 0.25) is 0 Å². The second-order valence-electron chi connectivity index (χ2n) is 4.72. The first-order valence-electron chi connectivity index (χ1n) is 6.50. The minimum atomic E-state index is 0.876. The summed E-state index contributed by atoms with van der Waals surface area (Å²) in [4.78, 5) is 8.54. The SMILES string of the molecule is Cc1ccc2nsnc2c1-n1ccnc1-c1ccncc1. The lowest BCUT2D eigenvalue weighted by Gasteiger charge is -2.11. The van der Waals surface area contributed by atoms with Gasteiger partial charge in [-0.15, -0.1) is 0 Å². The Bertz CT molecular complexity index is 910. The van der Waals surface area contributed by atoms with Crippen molar-refractivity contribution in [2.45, 2.75) is 6.92 Å². The van der Waals surface area contributed by atoms with Crippen molar-refractivity contribution in [2.75, 3.05) is 0 Å². The summed E-state index contributed by atoms with van der Waals surface area (Å²) >= 11 is 1.23. The molecule has 6 heteroatoms. The number of nitrogens with zero attached hydrogens (tertiary/aromatic N) is 5. The van der Waals surface area contributed by atoms with Crippen LogP contribution in [-0.2, 0) is 0 Å². The molecule has 3 aromatic heterocycles. The number of rotatable bonds is 2. The minimum absolute atomic E-state index is 0.876. The molecule has 0 N–H and O–H groups in total. The standard InChI is InChI=1S/C15H11N5S/c1-10-2-3-12-13(19-21-18-12)14(10)20-9-8-17-15(20)11-4-6-16-7-5-11/h2-9H,1H3. The molecule has 0 atom stereocenters. The van der Waals surface area contributed by atoms with Crippen LogP contribution < -0.4 is 0 Å². The molecule has 0 aliphatic carbocycles. The van der Waals surface area contributed by atoms with E-state index in [0.29, 0.717) is 0 Å². The quantitative estimate of drug-likeness (QED) is 0.569. The Labute approximate surface area is 125 Å². The van der Waals surface area contributed by atoms with Gasteiger partial charge in [-0.05, 0) is 30.7 Å². The number of aryl methyl sites for hydroxylation is 1. The number of benzene rings is 1. The van der Waals surface area contributed by atoms with Gasteiger partial charge in [-0.1, -0.05) is 6.07 Å². The Balaban J connectivity index is 2.01. The van der Waals surface area contributed by atoms with Gasteiger partial charge in [0.2, 0.25) is 0 Å². The smallest absolute Gasteiger partial charge is 0.144 e. The summed E-state index contributed by atoms with van der Waals surface area (Å²) in [7, 11) is 0. The van der Waals surface area contributed by atoms with Crippen molar-refractivity contribution in [2.24, 2.45) is 0 Å². The number of imidazole rings is 1. The fraction of sp³-hybridized carbons (Fsp3) is 0.0667. The molecule has 0 aliphatic rings. The molecule has 0 saturated carbocycles. The van der Waals surface area contributed by atoms with Gasteiger partial charge in [0.05, 0.1) is 17.4 Å². The third kappa shape index (κ3) is 1.92. The maximum atomic E-state index is 4.49. The molecular formula is C15H11N5S. The lowest BCUT2D eigenvalue weighted by Crippen LogP contribution is -2.00. The Morgan fingerprint density at radius 2 is 1.86 bits per heavy atom. The van der Waals surface area contributed by atoms with Gasteiger partial charge in [0.15, 0.2) is 0 Å². The van der Waals surface area contributed by atoms with Crippen LogP contribution in [0.4, 0.5) is 0 Å². The lowest BCUT2D eigenvalue weighted by molar-refractivity contribution is 1.06. The summed E-state index contributed by atoms with van der Waals surface area (Å²) in [5.74, 6) is 0.876. The zero-order valence-corrected chi connectivity index (χ0v) is 12.1. The fourth-order valence-electron chi connectivity index (χ4n) is 2.44. The Kier molecular flexibility index (Phi) is 2.75. The summed E-state index contributed by atoms with van der Waals surface area (Å²) in [6.45, 7) is 2.07. The van der Waals surface area contributed by atoms with E-state index in [-0.39, 0.29) is 0 Å². The molecule has 102 valence electrons. The van der Waals surface area contributed by atoms with Crippen molar-refractivity contribution in [3.63, 3.8) is 0 Å². The van der Waals surface area contributed by atoms with Crippen molar-refractivity contribution in [3.05, 3.63) is 54.6 Å². The van der Waals surface area contributed by atoms with Crippen LogP contribution in [0.5, 0.6) is 0 Å². The van der Waals surface area contributed by atoms with Gasteiger partial charge in [0.1, 0.15) is 16.9 Å². The predicted molar refractivity (Wildman–Crippen MR) is 82.5 cm³/mol. The first-order chi connectivity index (χ1) is 10.3. The van der Waals surface area contributed by atoms with Gasteiger partial charge in [-0.3, -0.25) is 9.55 Å². The van der Waals surface area contributed by atoms with E-state index in [1.165, 1.54) is 11.7 Å². The number of pyridine rings is 1. The first-order valence-corrected chi connectivity index (χ1v) is 7.23. The Morgan fingerprint density at radius 3 is 2.71 bits per heavy atom. The van der Waals surface area contributed by atoms with Crippen LogP contribution in [0.15, 0.2) is 49.1 Å². The molecule has 0 spiro atoms. The van der Waals surface area contributed by atoms with Crippen LogP contribution in [0.25, 0.3) is 28.1 Å². The topological polar surface area (TPSA) is 56.5 Å². The van der Waals surface area contributed by atoms with Gasteiger partial charge >= 0.3 is 0 Å². The maximum absolute atomic E-state index is 4.49. The summed E-state index contributed by atoms with van der Waals surface area (Å²) < 4.78 is 10.8. The molecule has 0 saturated heterocycles. The predicted octanol–water partition coefficient (Wildman–Crippen LogP) is 3.25. The minimum Gasteiger partial charge on any atom is -0.297 e. The van der Waals surface area contributed by atoms with Crippen LogP contribution in [-0.4, -0.2) is 23.3 Å². The second kappa shape index (κ2) is 4.75. The summed E-state index contributed by atoms with van der Waals surface area (Å²) in [5, 5.41) is 0. The average molecular weight is 293 g/mol. The third-order valence-corrected chi connectivity index (χ3v) is 3.97. The highest BCUT2D eigenvalue weighted by molar-refractivity contribution is 7.00. The molecule has 0 fully saturated rings. The van der Waals surface area contributed by atoms with E-state index in [9.17, 15) is 0 Å². The molecular weight excluding hydrogens is 282 g/mol. The van der Waals surface area contributed by atoms with Crippen molar-refractivity contribution in [1.29, 1.82) is 0 Å². The van der Waals surface area contributed by atoms with Crippen LogP contribution in [0, 0.1) is 6.92 Å². The molecule has 1 aromatic carbocycles. The highest BCUT2D eigenvalue weighted by Crippen LogP contribution is 2.28. The molecule has 21 heavy (non-hydrogen) atoms. The Hall–Kier alpha value is -2.60. The summed E-state index contributed by atoms with van der Waals surface area (Å²) in [6, 6.07) is 7.97. The van der Waals surface area contributed by atoms with Gasteiger partial charge in [-0.2, -0.15) is 8.75 Å². The first kappa shape index (κ1) is 12.2. The summed E-state index contributed by atoms with van der Waals surface area (Å²) in [5.41, 5.74) is 5.02. The van der Waals surface area contributed by atoms with Crippen LogP contribution in [0.3, 0.4) is 0 Å². The van der Waals surface area contributed by atoms with Gasteiger partial charge in [-0.25, -0.2) is 4.98 Å². The van der Waals surface area contributed by atoms with Crippen molar-refractivity contribution in [3.8, 4) is 17.1 Å². The molecule has 0 unspecified atom stereocenters. The molecule has 0 bridgehead atoms. The molecule has 0 aliphatic heterocycles.